The summed E-state index contributed by atoms with van der Waals surface area (Å²) >= 11 is 0. The first kappa shape index (κ1) is 32.2. The van der Waals surface area contributed by atoms with Crippen molar-refractivity contribution in [3.63, 3.8) is 0 Å². The van der Waals surface area contributed by atoms with Crippen LogP contribution < -0.4 is 0 Å². The third kappa shape index (κ3) is 7.19. The number of allylic oxidation sites excluding steroid dienone is 3. The third-order valence-electron chi connectivity index (χ3n) is 8.48. The van der Waals surface area contributed by atoms with Crippen LogP contribution in [0.15, 0.2) is 140 Å². The lowest BCUT2D eigenvalue weighted by atomic mass is 9.92. The first-order chi connectivity index (χ1) is 22.4. The largest absolute Gasteiger partial charge is 0.0871 e. The highest BCUT2D eigenvalue weighted by atomic mass is 14.1. The predicted molar refractivity (Wildman–Crippen MR) is 208 cm³/mol. The zero-order valence-electron chi connectivity index (χ0n) is 28.0. The molecule has 7 aromatic rings. The minimum atomic E-state index is 1.27. The molecule has 0 amide bonds. The molecule has 0 aliphatic carbocycles. The predicted octanol–water partition coefficient (Wildman–Crippen LogP) is 13.7. The fourth-order valence-electron chi connectivity index (χ4n) is 6.20. The molecule has 0 fully saturated rings. The van der Waals surface area contributed by atoms with E-state index in [2.05, 4.69) is 192 Å². The van der Waals surface area contributed by atoms with Crippen LogP contribution in [0.4, 0.5) is 0 Å². The standard InChI is InChI=1S/C18H16.2C14H14/c1-3-8-16-17-11-6-4-9-14(17)13(2)15-10-5-7-12-18(15)16;1-3-6-12-10-9-11(2)13-7-4-5-8-14(12)13;1-3-4-12-6-8-13-9-11(2)5-7-14(13)10-12/h3-12H,1-2H3;2*3-10H,1-2H3. The molecule has 0 saturated heterocycles. The molecule has 0 heterocycles. The fourth-order valence-corrected chi connectivity index (χ4v) is 6.20. The number of fused-ring (bicyclic) bond motifs is 4. The molecule has 7 aromatic carbocycles. The van der Waals surface area contributed by atoms with Crippen LogP contribution in [0.2, 0.25) is 0 Å². The van der Waals surface area contributed by atoms with Crippen molar-refractivity contribution in [1.29, 1.82) is 0 Å². The van der Waals surface area contributed by atoms with E-state index in [1.807, 2.05) is 6.92 Å². The van der Waals surface area contributed by atoms with Gasteiger partial charge in [-0.2, -0.15) is 0 Å². The molecular weight excluding hydrogens is 553 g/mol. The summed E-state index contributed by atoms with van der Waals surface area (Å²) in [5.41, 5.74) is 7.92. The monoisotopic (exact) mass is 596 g/mol. The van der Waals surface area contributed by atoms with E-state index < -0.39 is 0 Å². The van der Waals surface area contributed by atoms with Crippen molar-refractivity contribution in [2.24, 2.45) is 0 Å². The molecular formula is C46H44. The minimum absolute atomic E-state index is 1.27. The van der Waals surface area contributed by atoms with Crippen molar-refractivity contribution in [3.8, 4) is 0 Å². The lowest BCUT2D eigenvalue weighted by molar-refractivity contribution is 1.50. The van der Waals surface area contributed by atoms with E-state index in [9.17, 15) is 0 Å². The summed E-state index contributed by atoms with van der Waals surface area (Å²) in [6.45, 7) is 12.7. The molecule has 0 heteroatoms. The quantitative estimate of drug-likeness (QED) is 0.178. The lowest BCUT2D eigenvalue weighted by Crippen LogP contribution is -1.87. The second kappa shape index (κ2) is 15.2. The van der Waals surface area contributed by atoms with Crippen molar-refractivity contribution in [2.45, 2.75) is 41.5 Å². The Hall–Kier alpha value is -5.20. The number of aryl methyl sites for hydroxylation is 3. The Bertz CT molecular complexity index is 2150. The SMILES string of the molecule is CC=Cc1c2ccccc2c(C)c2ccccc12.CC=Cc1ccc(C)c2ccccc12.CC=Cc1ccc2cc(C)ccc2c1. The van der Waals surface area contributed by atoms with Gasteiger partial charge in [-0.1, -0.05) is 157 Å². The van der Waals surface area contributed by atoms with Crippen LogP contribution in [0.1, 0.15) is 54.2 Å². The van der Waals surface area contributed by atoms with Crippen molar-refractivity contribution in [1.82, 2.24) is 0 Å². The zero-order chi connectivity index (χ0) is 32.5. The number of rotatable bonds is 3. The van der Waals surface area contributed by atoms with E-state index in [4.69, 9.17) is 0 Å². The lowest BCUT2D eigenvalue weighted by Gasteiger charge is -2.12. The second-order valence-corrected chi connectivity index (χ2v) is 11.8. The van der Waals surface area contributed by atoms with Crippen LogP contribution in [0.3, 0.4) is 0 Å². The summed E-state index contributed by atoms with van der Waals surface area (Å²) in [5.74, 6) is 0. The Morgan fingerprint density at radius 2 is 0.935 bits per heavy atom. The van der Waals surface area contributed by atoms with E-state index in [1.54, 1.807) is 0 Å². The number of benzene rings is 7. The molecule has 0 aliphatic rings. The number of hydrogen-bond donors (Lipinski definition) is 0. The summed E-state index contributed by atoms with van der Waals surface area (Å²) in [4.78, 5) is 0. The summed E-state index contributed by atoms with van der Waals surface area (Å²) in [6.07, 6.45) is 12.8. The van der Waals surface area contributed by atoms with Gasteiger partial charge < -0.3 is 0 Å². The van der Waals surface area contributed by atoms with Gasteiger partial charge in [-0.05, 0) is 119 Å². The maximum Gasteiger partial charge on any atom is -0.0102 e. The Morgan fingerprint density at radius 1 is 0.413 bits per heavy atom. The van der Waals surface area contributed by atoms with Gasteiger partial charge in [0, 0.05) is 0 Å². The van der Waals surface area contributed by atoms with E-state index in [0.29, 0.717) is 0 Å². The topological polar surface area (TPSA) is 0 Å². The van der Waals surface area contributed by atoms with Gasteiger partial charge in [0.1, 0.15) is 0 Å². The van der Waals surface area contributed by atoms with Crippen molar-refractivity contribution in [2.75, 3.05) is 0 Å². The van der Waals surface area contributed by atoms with Gasteiger partial charge in [0.2, 0.25) is 0 Å². The molecule has 228 valence electrons. The van der Waals surface area contributed by atoms with E-state index in [1.165, 1.54) is 76.5 Å². The average Bonchev–Trinajstić information content (AvgIpc) is 3.09. The maximum absolute atomic E-state index is 2.22. The third-order valence-corrected chi connectivity index (χ3v) is 8.48. The maximum atomic E-state index is 2.22. The van der Waals surface area contributed by atoms with E-state index >= 15 is 0 Å². The number of hydrogen-bond acceptors (Lipinski definition) is 0. The summed E-state index contributed by atoms with van der Waals surface area (Å²) in [5, 5.41) is 10.7. The molecule has 0 radical (unpaired) electrons. The Labute approximate surface area is 275 Å². The van der Waals surface area contributed by atoms with E-state index in [-0.39, 0.29) is 0 Å². The van der Waals surface area contributed by atoms with Crippen LogP contribution in [-0.4, -0.2) is 0 Å². The molecule has 0 N–H and O–H groups in total. The van der Waals surface area contributed by atoms with Gasteiger partial charge >= 0.3 is 0 Å². The summed E-state index contributed by atoms with van der Waals surface area (Å²) in [6, 6.07) is 43.3. The Morgan fingerprint density at radius 3 is 1.54 bits per heavy atom. The van der Waals surface area contributed by atoms with Crippen LogP contribution in [0.25, 0.3) is 61.3 Å². The van der Waals surface area contributed by atoms with Gasteiger partial charge in [-0.15, -0.1) is 0 Å². The molecule has 0 aliphatic heterocycles. The molecule has 0 nitrogen and oxygen atoms in total. The molecule has 0 atom stereocenters. The average molecular weight is 597 g/mol. The molecule has 0 unspecified atom stereocenters. The fraction of sp³-hybridized carbons (Fsp3) is 0.130. The van der Waals surface area contributed by atoms with Crippen molar-refractivity contribution < 1.29 is 0 Å². The summed E-state index contributed by atoms with van der Waals surface area (Å²) in [7, 11) is 0. The highest BCUT2D eigenvalue weighted by Gasteiger charge is 2.08. The summed E-state index contributed by atoms with van der Waals surface area (Å²) < 4.78 is 0. The van der Waals surface area contributed by atoms with Gasteiger partial charge in [-0.25, -0.2) is 0 Å². The highest BCUT2D eigenvalue weighted by Crippen LogP contribution is 2.33. The molecule has 46 heavy (non-hydrogen) atoms. The highest BCUT2D eigenvalue weighted by molar-refractivity contribution is 6.09. The molecule has 0 aromatic heterocycles. The van der Waals surface area contributed by atoms with Crippen molar-refractivity contribution in [3.05, 3.63) is 173 Å². The Balaban J connectivity index is 0.000000138. The van der Waals surface area contributed by atoms with Crippen LogP contribution in [0.5, 0.6) is 0 Å². The molecule has 0 spiro atoms. The molecule has 0 bridgehead atoms. The minimum Gasteiger partial charge on any atom is -0.0871 e. The van der Waals surface area contributed by atoms with Crippen LogP contribution in [-0.2, 0) is 0 Å². The normalized spacial score (nSPS) is 11.4. The first-order valence-corrected chi connectivity index (χ1v) is 16.2. The Kier molecular flexibility index (Phi) is 10.6. The van der Waals surface area contributed by atoms with Crippen LogP contribution in [0, 0.1) is 20.8 Å². The van der Waals surface area contributed by atoms with Gasteiger partial charge in [-0.3, -0.25) is 0 Å². The van der Waals surface area contributed by atoms with Gasteiger partial charge in [0.05, 0.1) is 0 Å². The smallest absolute Gasteiger partial charge is 0.0102 e. The molecule has 0 saturated carbocycles. The van der Waals surface area contributed by atoms with E-state index in [0.717, 1.165) is 0 Å². The second-order valence-electron chi connectivity index (χ2n) is 11.8. The van der Waals surface area contributed by atoms with Crippen LogP contribution >= 0.6 is 0 Å². The van der Waals surface area contributed by atoms with Gasteiger partial charge in [0.25, 0.3) is 0 Å². The first-order valence-electron chi connectivity index (χ1n) is 16.2. The molecule has 7 rings (SSSR count). The zero-order valence-corrected chi connectivity index (χ0v) is 28.0. The van der Waals surface area contributed by atoms with Crippen molar-refractivity contribution >= 4 is 61.3 Å². The van der Waals surface area contributed by atoms with Gasteiger partial charge in [0.15, 0.2) is 0 Å².